The zero-order valence-corrected chi connectivity index (χ0v) is 15.7. The van der Waals surface area contributed by atoms with Gasteiger partial charge >= 0.3 is 5.97 Å². The van der Waals surface area contributed by atoms with Crippen molar-refractivity contribution in [2.45, 2.75) is 12.5 Å². The molecule has 3 aromatic rings. The fourth-order valence-corrected chi connectivity index (χ4v) is 2.86. The summed E-state index contributed by atoms with van der Waals surface area (Å²) in [5.41, 5.74) is 2.37. The van der Waals surface area contributed by atoms with Crippen LogP contribution in [0.1, 0.15) is 27.7 Å². The molecule has 3 rings (SSSR count). The van der Waals surface area contributed by atoms with E-state index in [4.69, 9.17) is 4.74 Å². The predicted octanol–water partition coefficient (Wildman–Crippen LogP) is 3.82. The van der Waals surface area contributed by atoms with Gasteiger partial charge in [0.15, 0.2) is 0 Å². The fraction of sp³-hybridized carbons (Fsp3) is 0.158. The summed E-state index contributed by atoms with van der Waals surface area (Å²) in [7, 11) is 1.37. The van der Waals surface area contributed by atoms with Gasteiger partial charge in [-0.05, 0) is 29.8 Å². The van der Waals surface area contributed by atoms with Crippen molar-refractivity contribution < 1.29 is 9.53 Å². The molecule has 0 saturated heterocycles. The third kappa shape index (κ3) is 4.64. The van der Waals surface area contributed by atoms with E-state index in [2.05, 4.69) is 36.2 Å². The van der Waals surface area contributed by atoms with Gasteiger partial charge in [-0.25, -0.2) is 9.78 Å². The monoisotopic (exact) mass is 412 g/mol. The van der Waals surface area contributed by atoms with E-state index < -0.39 is 0 Å². The molecule has 0 bridgehead atoms. The summed E-state index contributed by atoms with van der Waals surface area (Å²) < 4.78 is 5.69. The number of rotatable bonds is 6. The number of hydrogen-bond acceptors (Lipinski definition) is 6. The van der Waals surface area contributed by atoms with E-state index in [0.717, 1.165) is 21.5 Å². The number of nitrogens with zero attached hydrogens (tertiary/aromatic N) is 3. The minimum atomic E-state index is -0.358. The minimum Gasteiger partial charge on any atom is -0.465 e. The molecule has 1 atom stereocenters. The van der Waals surface area contributed by atoms with Gasteiger partial charge in [0.2, 0.25) is 0 Å². The first-order chi connectivity index (χ1) is 12.7. The number of pyridine rings is 1. The lowest BCUT2D eigenvalue weighted by atomic mass is 10.0. The van der Waals surface area contributed by atoms with E-state index in [1.807, 2.05) is 24.3 Å². The summed E-state index contributed by atoms with van der Waals surface area (Å²) in [5.74, 6) is 0.383. The van der Waals surface area contributed by atoms with Crippen molar-refractivity contribution in [3.05, 3.63) is 82.5 Å². The van der Waals surface area contributed by atoms with Crippen LogP contribution in [0.25, 0.3) is 0 Å². The molecule has 0 fully saturated rings. The van der Waals surface area contributed by atoms with Crippen molar-refractivity contribution in [3.8, 4) is 0 Å². The number of anilines is 1. The zero-order chi connectivity index (χ0) is 18.4. The van der Waals surface area contributed by atoms with Gasteiger partial charge in [0.25, 0.3) is 0 Å². The van der Waals surface area contributed by atoms with Gasteiger partial charge in [-0.1, -0.05) is 28.1 Å². The SMILES string of the molecule is COC(=O)c1ccc(C(Cc2cnccn2)Nc2cc(Br)ccn2)cc1. The zero-order valence-electron chi connectivity index (χ0n) is 14.1. The number of methoxy groups -OCH3 is 1. The normalized spacial score (nSPS) is 11.6. The molecular formula is C19H17BrN4O2. The lowest BCUT2D eigenvalue weighted by Gasteiger charge is -2.20. The predicted molar refractivity (Wildman–Crippen MR) is 102 cm³/mol. The van der Waals surface area contributed by atoms with Crippen molar-refractivity contribution >= 4 is 27.7 Å². The molecule has 26 heavy (non-hydrogen) atoms. The molecule has 0 spiro atoms. The number of aromatic nitrogens is 3. The van der Waals surface area contributed by atoms with Crippen molar-refractivity contribution in [3.63, 3.8) is 0 Å². The Bertz CT molecular complexity index is 872. The maximum Gasteiger partial charge on any atom is 0.337 e. The summed E-state index contributed by atoms with van der Waals surface area (Å²) in [6.45, 7) is 0. The number of carbonyl (C=O) groups excluding carboxylic acids is 1. The second kappa shape index (κ2) is 8.53. The highest BCUT2D eigenvalue weighted by Crippen LogP contribution is 2.24. The summed E-state index contributed by atoms with van der Waals surface area (Å²) in [6.07, 6.45) is 7.41. The second-order valence-electron chi connectivity index (χ2n) is 5.57. The number of hydrogen-bond donors (Lipinski definition) is 1. The average molecular weight is 413 g/mol. The summed E-state index contributed by atoms with van der Waals surface area (Å²) in [6, 6.07) is 11.0. The average Bonchev–Trinajstić information content (AvgIpc) is 2.68. The highest BCUT2D eigenvalue weighted by Gasteiger charge is 2.15. The quantitative estimate of drug-likeness (QED) is 0.620. The molecule has 1 N–H and O–H groups in total. The van der Waals surface area contributed by atoms with Gasteiger partial charge in [-0.15, -0.1) is 0 Å². The van der Waals surface area contributed by atoms with Crippen LogP contribution in [0.3, 0.4) is 0 Å². The standard InChI is InChI=1S/C19H17BrN4O2/c1-26-19(25)14-4-2-13(3-5-14)17(11-16-12-21-8-9-22-16)24-18-10-15(20)6-7-23-18/h2-10,12,17H,11H2,1H3,(H,23,24). The number of esters is 1. The first kappa shape index (κ1) is 18.0. The molecule has 6 nitrogen and oxygen atoms in total. The van der Waals surface area contributed by atoms with Crippen molar-refractivity contribution in [1.82, 2.24) is 15.0 Å². The van der Waals surface area contributed by atoms with E-state index in [1.165, 1.54) is 7.11 Å². The molecule has 0 radical (unpaired) electrons. The van der Waals surface area contributed by atoms with E-state index >= 15 is 0 Å². The van der Waals surface area contributed by atoms with Crippen LogP contribution in [0.15, 0.2) is 65.7 Å². The van der Waals surface area contributed by atoms with Crippen LogP contribution in [0.4, 0.5) is 5.82 Å². The maximum atomic E-state index is 11.6. The van der Waals surface area contributed by atoms with Crippen LogP contribution in [0, 0.1) is 0 Å². The molecule has 1 unspecified atom stereocenters. The van der Waals surface area contributed by atoms with E-state index in [9.17, 15) is 4.79 Å². The van der Waals surface area contributed by atoms with Crippen LogP contribution >= 0.6 is 15.9 Å². The number of ether oxygens (including phenoxy) is 1. The fourth-order valence-electron chi connectivity index (χ4n) is 2.53. The van der Waals surface area contributed by atoms with Gasteiger partial charge in [0.1, 0.15) is 5.82 Å². The highest BCUT2D eigenvalue weighted by atomic mass is 79.9. The molecule has 0 aliphatic carbocycles. The molecule has 0 amide bonds. The summed E-state index contributed by atoms with van der Waals surface area (Å²) >= 11 is 3.45. The summed E-state index contributed by atoms with van der Waals surface area (Å²) in [5, 5.41) is 3.42. The van der Waals surface area contributed by atoms with Crippen LogP contribution in [-0.2, 0) is 11.2 Å². The number of nitrogens with one attached hydrogen (secondary N) is 1. The lowest BCUT2D eigenvalue weighted by Crippen LogP contribution is -2.15. The topological polar surface area (TPSA) is 77.0 Å². The second-order valence-corrected chi connectivity index (χ2v) is 6.49. The number of halogens is 1. The van der Waals surface area contributed by atoms with Crippen molar-refractivity contribution in [2.24, 2.45) is 0 Å². The minimum absolute atomic E-state index is 0.0832. The first-order valence-corrected chi connectivity index (χ1v) is 8.76. The van der Waals surface area contributed by atoms with E-state index in [0.29, 0.717) is 12.0 Å². The molecule has 7 heteroatoms. The molecule has 0 aliphatic rings. The van der Waals surface area contributed by atoms with Gasteiger partial charge < -0.3 is 10.1 Å². The molecule has 0 aliphatic heterocycles. The van der Waals surface area contributed by atoms with Gasteiger partial charge in [-0.3, -0.25) is 9.97 Å². The Morgan fingerprint density at radius 2 is 1.96 bits per heavy atom. The van der Waals surface area contributed by atoms with Gasteiger partial charge in [0.05, 0.1) is 24.4 Å². The molecule has 2 aromatic heterocycles. The van der Waals surface area contributed by atoms with Crippen LogP contribution in [0.2, 0.25) is 0 Å². The Labute approximate surface area is 159 Å². The molecule has 1 aromatic carbocycles. The van der Waals surface area contributed by atoms with Crippen LogP contribution in [-0.4, -0.2) is 28.0 Å². The van der Waals surface area contributed by atoms with E-state index in [-0.39, 0.29) is 12.0 Å². The number of carbonyl (C=O) groups is 1. The Hall–Kier alpha value is -2.80. The molecule has 0 saturated carbocycles. The van der Waals surface area contributed by atoms with E-state index in [1.54, 1.807) is 36.9 Å². The van der Waals surface area contributed by atoms with Gasteiger partial charge in [-0.2, -0.15) is 0 Å². The lowest BCUT2D eigenvalue weighted by molar-refractivity contribution is 0.0600. The molecular weight excluding hydrogens is 396 g/mol. The Morgan fingerprint density at radius 3 is 2.62 bits per heavy atom. The first-order valence-electron chi connectivity index (χ1n) is 7.97. The van der Waals surface area contributed by atoms with Gasteiger partial charge in [0, 0.05) is 35.7 Å². The molecule has 132 valence electrons. The molecule has 2 heterocycles. The maximum absolute atomic E-state index is 11.6. The Balaban J connectivity index is 1.87. The smallest absolute Gasteiger partial charge is 0.337 e. The largest absolute Gasteiger partial charge is 0.465 e. The summed E-state index contributed by atoms with van der Waals surface area (Å²) in [4.78, 5) is 24.5. The van der Waals surface area contributed by atoms with Crippen molar-refractivity contribution in [1.29, 1.82) is 0 Å². The third-order valence-corrected chi connectivity index (χ3v) is 4.30. The number of benzene rings is 1. The Morgan fingerprint density at radius 1 is 1.15 bits per heavy atom. The van der Waals surface area contributed by atoms with Crippen molar-refractivity contribution in [2.75, 3.05) is 12.4 Å². The van der Waals surface area contributed by atoms with Crippen LogP contribution in [0.5, 0.6) is 0 Å². The third-order valence-electron chi connectivity index (χ3n) is 3.81. The van der Waals surface area contributed by atoms with Crippen LogP contribution < -0.4 is 5.32 Å². The highest BCUT2D eigenvalue weighted by molar-refractivity contribution is 9.10. The Kier molecular flexibility index (Phi) is 5.91.